The first-order valence-corrected chi connectivity index (χ1v) is 6.04. The van der Waals surface area contributed by atoms with Gasteiger partial charge in [-0.2, -0.15) is 0 Å². The van der Waals surface area contributed by atoms with E-state index < -0.39 is 6.09 Å². The lowest BCUT2D eigenvalue weighted by molar-refractivity contribution is 0.105. The molecule has 1 aliphatic heterocycles. The summed E-state index contributed by atoms with van der Waals surface area (Å²) in [5.41, 5.74) is 6.57. The van der Waals surface area contributed by atoms with Crippen LogP contribution in [0.3, 0.4) is 0 Å². The molecule has 17 heavy (non-hydrogen) atoms. The molecular formula is C11H13BrN2O3. The number of carbonyl (C=O) groups excluding carboxylic acids is 1. The average Bonchev–Trinajstić information content (AvgIpc) is 2.74. The third-order valence-electron chi connectivity index (χ3n) is 2.42. The third-order valence-corrected chi connectivity index (χ3v) is 3.19. The molecule has 5 nitrogen and oxygen atoms in total. The average molecular weight is 301 g/mol. The second-order valence-electron chi connectivity index (χ2n) is 3.68. The Morgan fingerprint density at radius 3 is 3.06 bits per heavy atom. The largest absolute Gasteiger partial charge is 0.490 e. The molecule has 0 saturated carbocycles. The third kappa shape index (κ3) is 3.10. The molecule has 1 heterocycles. The molecule has 6 heteroatoms. The Morgan fingerprint density at radius 1 is 1.59 bits per heavy atom. The molecular weight excluding hydrogens is 288 g/mol. The summed E-state index contributed by atoms with van der Waals surface area (Å²) < 4.78 is 11.5. The van der Waals surface area contributed by atoms with E-state index in [9.17, 15) is 4.79 Å². The number of halogens is 1. The van der Waals surface area contributed by atoms with Crippen LogP contribution in [0.2, 0.25) is 0 Å². The van der Waals surface area contributed by atoms with Crippen LogP contribution >= 0.6 is 15.9 Å². The number of benzene rings is 1. The lowest BCUT2D eigenvalue weighted by Crippen LogP contribution is -2.22. The molecule has 0 aliphatic carbocycles. The lowest BCUT2D eigenvalue weighted by atomic mass is 10.2. The van der Waals surface area contributed by atoms with Gasteiger partial charge in [0.1, 0.15) is 12.4 Å². The lowest BCUT2D eigenvalue weighted by Gasteiger charge is -2.11. The van der Waals surface area contributed by atoms with Crippen molar-refractivity contribution in [1.82, 2.24) is 5.32 Å². The van der Waals surface area contributed by atoms with Crippen molar-refractivity contribution < 1.29 is 14.3 Å². The van der Waals surface area contributed by atoms with Crippen molar-refractivity contribution in [2.75, 3.05) is 13.2 Å². The van der Waals surface area contributed by atoms with E-state index in [0.717, 1.165) is 15.8 Å². The Kier molecular flexibility index (Phi) is 3.86. The molecule has 1 aromatic rings. The van der Waals surface area contributed by atoms with Crippen LogP contribution in [0.15, 0.2) is 22.7 Å². The number of cyclic esters (lactones) is 1. The maximum absolute atomic E-state index is 10.8. The van der Waals surface area contributed by atoms with E-state index in [1.807, 2.05) is 18.2 Å². The Morgan fingerprint density at radius 2 is 2.41 bits per heavy atom. The minimum atomic E-state index is -0.392. The van der Waals surface area contributed by atoms with Crippen LogP contribution in [0.4, 0.5) is 4.79 Å². The monoisotopic (exact) mass is 300 g/mol. The summed E-state index contributed by atoms with van der Waals surface area (Å²) >= 11 is 3.40. The van der Waals surface area contributed by atoms with Gasteiger partial charge >= 0.3 is 6.09 Å². The van der Waals surface area contributed by atoms with Gasteiger partial charge in [-0.15, -0.1) is 0 Å². The summed E-state index contributed by atoms with van der Waals surface area (Å²) in [4.78, 5) is 10.8. The molecule has 0 spiro atoms. The van der Waals surface area contributed by atoms with Crippen molar-refractivity contribution in [2.24, 2.45) is 5.73 Å². The van der Waals surface area contributed by atoms with Gasteiger partial charge in [0.05, 0.1) is 6.54 Å². The quantitative estimate of drug-likeness (QED) is 0.881. The number of nitrogens with one attached hydrogen (secondary N) is 1. The second-order valence-corrected chi connectivity index (χ2v) is 4.53. The molecule has 1 fully saturated rings. The molecule has 0 radical (unpaired) electrons. The standard InChI is InChI=1S/C11H13BrN2O3/c12-10-2-1-8(3-7(10)4-13)16-6-9-5-14-11(15)17-9/h1-3,9H,4-6,13H2,(H,14,15). The van der Waals surface area contributed by atoms with E-state index in [1.165, 1.54) is 0 Å². The van der Waals surface area contributed by atoms with Gasteiger partial charge in [-0.25, -0.2) is 4.79 Å². The summed E-state index contributed by atoms with van der Waals surface area (Å²) in [6.45, 7) is 1.27. The molecule has 1 aromatic carbocycles. The molecule has 1 unspecified atom stereocenters. The molecule has 0 bridgehead atoms. The Hall–Kier alpha value is -1.27. The highest BCUT2D eigenvalue weighted by Gasteiger charge is 2.22. The fraction of sp³-hybridized carbons (Fsp3) is 0.364. The summed E-state index contributed by atoms with van der Waals surface area (Å²) in [7, 11) is 0. The van der Waals surface area contributed by atoms with Gasteiger partial charge in [0.15, 0.2) is 6.10 Å². The maximum atomic E-state index is 10.8. The van der Waals surface area contributed by atoms with Crippen molar-refractivity contribution in [3.8, 4) is 5.75 Å². The first-order valence-electron chi connectivity index (χ1n) is 5.25. The van der Waals surface area contributed by atoms with Crippen molar-refractivity contribution >= 4 is 22.0 Å². The predicted octanol–water partition coefficient (Wildman–Crippen LogP) is 1.39. The predicted molar refractivity (Wildman–Crippen MR) is 65.8 cm³/mol. The molecule has 0 aromatic heterocycles. The van der Waals surface area contributed by atoms with E-state index in [2.05, 4.69) is 21.2 Å². The minimum absolute atomic E-state index is 0.229. The number of alkyl carbamates (subject to hydrolysis) is 1. The van der Waals surface area contributed by atoms with E-state index in [1.54, 1.807) is 0 Å². The van der Waals surface area contributed by atoms with Crippen molar-refractivity contribution in [1.29, 1.82) is 0 Å². The number of ether oxygens (including phenoxy) is 2. The normalized spacial score (nSPS) is 18.7. The van der Waals surface area contributed by atoms with Crippen molar-refractivity contribution in [3.63, 3.8) is 0 Å². The van der Waals surface area contributed by atoms with E-state index in [4.69, 9.17) is 15.2 Å². The number of hydrogen-bond acceptors (Lipinski definition) is 4. The van der Waals surface area contributed by atoms with Crippen LogP contribution in [-0.4, -0.2) is 25.3 Å². The Labute approximate surface area is 107 Å². The summed E-state index contributed by atoms with van der Waals surface area (Å²) in [6.07, 6.45) is -0.621. The number of amides is 1. The van der Waals surface area contributed by atoms with E-state index in [-0.39, 0.29) is 6.10 Å². The SMILES string of the molecule is NCc1cc(OCC2CNC(=O)O2)ccc1Br. The smallest absolute Gasteiger partial charge is 0.407 e. The van der Waals surface area contributed by atoms with Crippen LogP contribution in [0.25, 0.3) is 0 Å². The number of nitrogens with two attached hydrogens (primary N) is 1. The molecule has 2 rings (SSSR count). The van der Waals surface area contributed by atoms with E-state index >= 15 is 0 Å². The zero-order chi connectivity index (χ0) is 12.3. The first kappa shape index (κ1) is 12.2. The number of hydrogen-bond donors (Lipinski definition) is 2. The zero-order valence-corrected chi connectivity index (χ0v) is 10.7. The van der Waals surface area contributed by atoms with Crippen LogP contribution in [-0.2, 0) is 11.3 Å². The van der Waals surface area contributed by atoms with Gasteiger partial charge in [-0.1, -0.05) is 15.9 Å². The maximum Gasteiger partial charge on any atom is 0.407 e. The van der Waals surface area contributed by atoms with Gasteiger partial charge in [0.25, 0.3) is 0 Å². The molecule has 92 valence electrons. The van der Waals surface area contributed by atoms with Crippen LogP contribution < -0.4 is 15.8 Å². The highest BCUT2D eigenvalue weighted by Crippen LogP contribution is 2.22. The highest BCUT2D eigenvalue weighted by atomic mass is 79.9. The number of carbonyl (C=O) groups is 1. The zero-order valence-electron chi connectivity index (χ0n) is 9.11. The summed E-state index contributed by atoms with van der Waals surface area (Å²) in [5.74, 6) is 0.719. The summed E-state index contributed by atoms with van der Waals surface area (Å²) in [5, 5.41) is 2.57. The van der Waals surface area contributed by atoms with Gasteiger partial charge in [-0.3, -0.25) is 0 Å². The minimum Gasteiger partial charge on any atom is -0.490 e. The molecule has 3 N–H and O–H groups in total. The van der Waals surface area contributed by atoms with Crippen molar-refractivity contribution in [3.05, 3.63) is 28.2 Å². The number of rotatable bonds is 4. The van der Waals surface area contributed by atoms with E-state index in [0.29, 0.717) is 19.7 Å². The van der Waals surface area contributed by atoms with Crippen LogP contribution in [0.1, 0.15) is 5.56 Å². The molecule has 1 amide bonds. The molecule has 1 atom stereocenters. The second kappa shape index (κ2) is 5.37. The topological polar surface area (TPSA) is 73.6 Å². The fourth-order valence-electron chi connectivity index (χ4n) is 1.51. The van der Waals surface area contributed by atoms with Gasteiger partial charge in [-0.05, 0) is 23.8 Å². The van der Waals surface area contributed by atoms with Gasteiger partial charge < -0.3 is 20.5 Å². The highest BCUT2D eigenvalue weighted by molar-refractivity contribution is 9.10. The van der Waals surface area contributed by atoms with Gasteiger partial charge in [0, 0.05) is 11.0 Å². The Bertz CT molecular complexity index is 425. The van der Waals surface area contributed by atoms with Crippen LogP contribution in [0.5, 0.6) is 5.75 Å². The van der Waals surface area contributed by atoms with Crippen molar-refractivity contribution in [2.45, 2.75) is 12.6 Å². The Balaban J connectivity index is 1.92. The molecule has 1 aliphatic rings. The fourth-order valence-corrected chi connectivity index (χ4v) is 1.92. The van der Waals surface area contributed by atoms with Crippen LogP contribution in [0, 0.1) is 0 Å². The molecule has 1 saturated heterocycles. The van der Waals surface area contributed by atoms with Gasteiger partial charge in [0.2, 0.25) is 0 Å². The summed E-state index contributed by atoms with van der Waals surface area (Å²) in [6, 6.07) is 5.60. The first-order chi connectivity index (χ1) is 8.19.